The molecule has 4 aliphatic heterocycles. The van der Waals surface area contributed by atoms with E-state index in [4.69, 9.17) is 4.74 Å². The summed E-state index contributed by atoms with van der Waals surface area (Å²) in [6.07, 6.45) is 3.21. The molecule has 0 spiro atoms. The lowest BCUT2D eigenvalue weighted by molar-refractivity contribution is -0.214. The second-order valence-corrected chi connectivity index (χ2v) is 5.56. The van der Waals surface area contributed by atoms with Gasteiger partial charge >= 0.3 is 0 Å². The molecule has 2 atom stereocenters. The SMILES string of the molecule is O=C1NC=NC2C1=C1CCCN1C2(O)N1CCOCC1. The normalized spacial score (nSPS) is 37.1. The smallest absolute Gasteiger partial charge is 0.256 e. The summed E-state index contributed by atoms with van der Waals surface area (Å²) in [6, 6.07) is -0.510. The Hall–Kier alpha value is -1.44. The molecule has 4 heterocycles. The average Bonchev–Trinajstić information content (AvgIpc) is 3.04. The maximum atomic E-state index is 12.1. The van der Waals surface area contributed by atoms with Gasteiger partial charge in [0.2, 0.25) is 5.85 Å². The molecule has 0 aromatic carbocycles. The summed E-state index contributed by atoms with van der Waals surface area (Å²) in [4.78, 5) is 20.5. The molecule has 4 rings (SSSR count). The highest BCUT2D eigenvalue weighted by atomic mass is 16.5. The second kappa shape index (κ2) is 4.28. The molecular formula is C13H18N4O3. The number of carbonyl (C=O) groups is 1. The summed E-state index contributed by atoms with van der Waals surface area (Å²) in [5.41, 5.74) is 1.59. The monoisotopic (exact) mass is 278 g/mol. The first-order valence-electron chi connectivity index (χ1n) is 7.11. The van der Waals surface area contributed by atoms with Crippen LogP contribution in [0.1, 0.15) is 12.8 Å². The van der Waals surface area contributed by atoms with Crippen molar-refractivity contribution in [1.82, 2.24) is 15.1 Å². The first-order valence-corrected chi connectivity index (χ1v) is 7.11. The molecule has 7 nitrogen and oxygen atoms in total. The molecule has 108 valence electrons. The van der Waals surface area contributed by atoms with Gasteiger partial charge in [0.05, 0.1) is 25.1 Å². The van der Waals surface area contributed by atoms with E-state index in [-0.39, 0.29) is 5.91 Å². The van der Waals surface area contributed by atoms with Crippen LogP contribution in [0.2, 0.25) is 0 Å². The molecule has 2 unspecified atom stereocenters. The van der Waals surface area contributed by atoms with Crippen LogP contribution in [-0.4, -0.2) is 71.9 Å². The number of hydrogen-bond acceptors (Lipinski definition) is 6. The molecule has 2 fully saturated rings. The fourth-order valence-corrected chi connectivity index (χ4v) is 3.73. The molecule has 7 heteroatoms. The summed E-state index contributed by atoms with van der Waals surface area (Å²) in [7, 11) is 0. The molecule has 0 bridgehead atoms. The average molecular weight is 278 g/mol. The fraction of sp³-hybridized carbons (Fsp3) is 0.692. The maximum absolute atomic E-state index is 12.1. The first kappa shape index (κ1) is 12.3. The van der Waals surface area contributed by atoms with Crippen molar-refractivity contribution >= 4 is 12.2 Å². The van der Waals surface area contributed by atoms with Gasteiger partial charge in [-0.15, -0.1) is 0 Å². The minimum atomic E-state index is -1.21. The Morgan fingerprint density at radius 1 is 1.40 bits per heavy atom. The number of carbonyl (C=O) groups excluding carboxylic acids is 1. The van der Waals surface area contributed by atoms with Crippen LogP contribution < -0.4 is 5.32 Å². The van der Waals surface area contributed by atoms with Crippen LogP contribution in [0.15, 0.2) is 16.3 Å². The standard InChI is InChI=1S/C13H18N4O3/c18-12-10-9-2-1-3-17(9)13(19,11(10)14-8-15-12)16-4-6-20-7-5-16/h8,11,19H,1-7H2,(H,14,15,18). The van der Waals surface area contributed by atoms with E-state index >= 15 is 0 Å². The van der Waals surface area contributed by atoms with E-state index in [0.29, 0.717) is 31.9 Å². The Kier molecular flexibility index (Phi) is 2.63. The molecule has 0 saturated carbocycles. The number of aliphatic hydroxyl groups is 1. The number of rotatable bonds is 1. The second-order valence-electron chi connectivity index (χ2n) is 5.56. The van der Waals surface area contributed by atoms with Crippen molar-refractivity contribution in [3.63, 3.8) is 0 Å². The van der Waals surface area contributed by atoms with Crippen molar-refractivity contribution in [3.8, 4) is 0 Å². The lowest BCUT2D eigenvalue weighted by Crippen LogP contribution is -2.66. The maximum Gasteiger partial charge on any atom is 0.256 e. The summed E-state index contributed by atoms with van der Waals surface area (Å²) >= 11 is 0. The van der Waals surface area contributed by atoms with E-state index in [1.807, 2.05) is 9.80 Å². The molecular weight excluding hydrogens is 260 g/mol. The molecule has 0 aromatic rings. The van der Waals surface area contributed by atoms with Gasteiger partial charge in [0, 0.05) is 25.3 Å². The molecule has 2 saturated heterocycles. The van der Waals surface area contributed by atoms with E-state index in [1.54, 1.807) is 0 Å². The van der Waals surface area contributed by atoms with Gasteiger partial charge in [0.25, 0.3) is 5.91 Å². The summed E-state index contributed by atoms with van der Waals surface area (Å²) in [5.74, 6) is -1.34. The van der Waals surface area contributed by atoms with Crippen LogP contribution in [0.3, 0.4) is 0 Å². The van der Waals surface area contributed by atoms with Crippen molar-refractivity contribution in [2.45, 2.75) is 24.7 Å². The Bertz CT molecular complexity index is 512. The predicted octanol–water partition coefficient (Wildman–Crippen LogP) is -1.15. The third kappa shape index (κ3) is 1.45. The molecule has 0 aliphatic carbocycles. The minimum Gasteiger partial charge on any atom is -0.379 e. The van der Waals surface area contributed by atoms with Crippen molar-refractivity contribution in [2.24, 2.45) is 4.99 Å². The molecule has 4 aliphatic rings. The summed E-state index contributed by atoms with van der Waals surface area (Å²) in [5, 5.41) is 14.0. The minimum absolute atomic E-state index is 0.129. The van der Waals surface area contributed by atoms with Gasteiger partial charge in [-0.3, -0.25) is 14.7 Å². The number of amides is 1. The van der Waals surface area contributed by atoms with E-state index in [2.05, 4.69) is 10.3 Å². The zero-order valence-corrected chi connectivity index (χ0v) is 11.2. The third-order valence-corrected chi connectivity index (χ3v) is 4.61. The van der Waals surface area contributed by atoms with Gasteiger partial charge < -0.3 is 20.1 Å². The van der Waals surface area contributed by atoms with Gasteiger partial charge in [0.1, 0.15) is 6.04 Å². The highest BCUT2D eigenvalue weighted by Gasteiger charge is 2.59. The van der Waals surface area contributed by atoms with Crippen LogP contribution in [0, 0.1) is 0 Å². The highest BCUT2D eigenvalue weighted by molar-refractivity contribution is 6.04. The zero-order chi connectivity index (χ0) is 13.7. The van der Waals surface area contributed by atoms with Crippen LogP contribution in [-0.2, 0) is 9.53 Å². The van der Waals surface area contributed by atoms with Crippen LogP contribution in [0.5, 0.6) is 0 Å². The Morgan fingerprint density at radius 2 is 2.20 bits per heavy atom. The number of nitrogens with zero attached hydrogens (tertiary/aromatic N) is 3. The summed E-state index contributed by atoms with van der Waals surface area (Å²) in [6.45, 7) is 3.28. The number of aliphatic imine (C=N–C) groups is 1. The van der Waals surface area contributed by atoms with Crippen molar-refractivity contribution < 1.29 is 14.6 Å². The topological polar surface area (TPSA) is 77.4 Å². The van der Waals surface area contributed by atoms with Crippen molar-refractivity contribution in [2.75, 3.05) is 32.8 Å². The molecule has 20 heavy (non-hydrogen) atoms. The van der Waals surface area contributed by atoms with Crippen LogP contribution in [0.25, 0.3) is 0 Å². The number of hydrogen-bond donors (Lipinski definition) is 2. The molecule has 2 N–H and O–H groups in total. The number of fused-ring (bicyclic) bond motifs is 2. The van der Waals surface area contributed by atoms with Gasteiger partial charge in [-0.05, 0) is 12.8 Å². The fourth-order valence-electron chi connectivity index (χ4n) is 3.73. The van der Waals surface area contributed by atoms with E-state index in [0.717, 1.165) is 25.1 Å². The van der Waals surface area contributed by atoms with Gasteiger partial charge in [0.15, 0.2) is 0 Å². The lowest BCUT2D eigenvalue weighted by atomic mass is 10.0. The lowest BCUT2D eigenvalue weighted by Gasteiger charge is -2.47. The van der Waals surface area contributed by atoms with E-state index in [9.17, 15) is 9.90 Å². The Labute approximate surface area is 116 Å². The summed E-state index contributed by atoms with van der Waals surface area (Å²) < 4.78 is 5.37. The van der Waals surface area contributed by atoms with Crippen LogP contribution >= 0.6 is 0 Å². The van der Waals surface area contributed by atoms with Crippen LogP contribution in [0.4, 0.5) is 0 Å². The third-order valence-electron chi connectivity index (χ3n) is 4.61. The first-order chi connectivity index (χ1) is 9.73. The number of morpholine rings is 1. The number of nitrogens with one attached hydrogen (secondary N) is 1. The zero-order valence-electron chi connectivity index (χ0n) is 11.2. The molecule has 0 radical (unpaired) electrons. The molecule has 0 aromatic heterocycles. The Morgan fingerprint density at radius 3 is 3.00 bits per heavy atom. The molecule has 1 amide bonds. The van der Waals surface area contributed by atoms with Crippen molar-refractivity contribution in [3.05, 3.63) is 11.3 Å². The largest absolute Gasteiger partial charge is 0.379 e. The Balaban J connectivity index is 1.78. The van der Waals surface area contributed by atoms with Gasteiger partial charge in [-0.1, -0.05) is 0 Å². The van der Waals surface area contributed by atoms with Crippen molar-refractivity contribution in [1.29, 1.82) is 0 Å². The number of ether oxygens (including phenoxy) is 1. The quantitative estimate of drug-likeness (QED) is 0.634. The van der Waals surface area contributed by atoms with E-state index < -0.39 is 11.9 Å². The highest BCUT2D eigenvalue weighted by Crippen LogP contribution is 2.45. The predicted molar refractivity (Wildman–Crippen MR) is 70.7 cm³/mol. The van der Waals surface area contributed by atoms with Gasteiger partial charge in [-0.25, -0.2) is 0 Å². The number of allylic oxidation sites excluding steroid dienone is 1. The van der Waals surface area contributed by atoms with E-state index in [1.165, 1.54) is 6.34 Å². The van der Waals surface area contributed by atoms with Gasteiger partial charge in [-0.2, -0.15) is 0 Å².